The first-order valence-electron chi connectivity index (χ1n) is 19.2. The van der Waals surface area contributed by atoms with E-state index in [0.717, 1.165) is 59.5 Å². The van der Waals surface area contributed by atoms with Crippen LogP contribution in [0.15, 0.2) is 71.8 Å². The van der Waals surface area contributed by atoms with E-state index in [0.29, 0.717) is 26.4 Å². The van der Waals surface area contributed by atoms with Gasteiger partial charge in [-0.2, -0.15) is 0 Å². The smallest absolute Gasteiger partial charge is 0.192 e. The van der Waals surface area contributed by atoms with Crippen LogP contribution in [0.1, 0.15) is 48.9 Å². The van der Waals surface area contributed by atoms with Crippen molar-refractivity contribution in [3.05, 3.63) is 94.1 Å². The summed E-state index contributed by atoms with van der Waals surface area (Å²) in [6.07, 6.45) is 11.6. The molecule has 10 heteroatoms. The molecule has 284 valence electrons. The molecule has 10 rings (SSSR count). The molecule has 2 fully saturated rings. The molecule has 0 unspecified atom stereocenters. The van der Waals surface area contributed by atoms with Crippen molar-refractivity contribution in [2.45, 2.75) is 51.1 Å². The second kappa shape index (κ2) is 14.0. The third-order valence-corrected chi connectivity index (χ3v) is 12.8. The molecule has 10 nitrogen and oxygen atoms in total. The van der Waals surface area contributed by atoms with E-state index in [1.807, 2.05) is 50.3 Å². The SMILES string of the molecule is COCOc1cccc2c1C1=CC[C@@H]3[C@@H](C(=O)C(C)=CC34OCCO4)[C@H]1C2.COCOc1cccc2c1C1=CC[C@@H]3[C@@H](C(=O)C(C)=CC34OCCO4)[C@H]1C2. The third kappa shape index (κ3) is 5.59. The molecule has 0 bridgehead atoms. The van der Waals surface area contributed by atoms with Crippen LogP contribution < -0.4 is 9.47 Å². The lowest BCUT2D eigenvalue weighted by molar-refractivity contribution is -0.182. The van der Waals surface area contributed by atoms with Crippen LogP contribution in [0.25, 0.3) is 11.1 Å². The maximum Gasteiger partial charge on any atom is 0.192 e. The van der Waals surface area contributed by atoms with Gasteiger partial charge in [0, 0.05) is 49.0 Å². The van der Waals surface area contributed by atoms with E-state index in [4.69, 9.17) is 37.9 Å². The van der Waals surface area contributed by atoms with E-state index in [1.54, 1.807) is 14.2 Å². The summed E-state index contributed by atoms with van der Waals surface area (Å²) < 4.78 is 46.0. The molecule has 2 aliphatic heterocycles. The van der Waals surface area contributed by atoms with Crippen molar-refractivity contribution >= 4 is 22.7 Å². The van der Waals surface area contributed by atoms with Gasteiger partial charge in [-0.15, -0.1) is 0 Å². The average molecular weight is 737 g/mol. The topological polar surface area (TPSA) is 108 Å². The summed E-state index contributed by atoms with van der Waals surface area (Å²) >= 11 is 0. The van der Waals surface area contributed by atoms with Gasteiger partial charge in [-0.1, -0.05) is 36.4 Å². The van der Waals surface area contributed by atoms with Crippen LogP contribution in [0, 0.1) is 35.5 Å². The van der Waals surface area contributed by atoms with Crippen molar-refractivity contribution in [3.63, 3.8) is 0 Å². The summed E-state index contributed by atoms with van der Waals surface area (Å²) in [6.45, 7) is 6.53. The van der Waals surface area contributed by atoms with Crippen LogP contribution in [0.4, 0.5) is 0 Å². The van der Waals surface area contributed by atoms with Gasteiger partial charge in [0.1, 0.15) is 11.5 Å². The van der Waals surface area contributed by atoms with Gasteiger partial charge in [0.05, 0.1) is 26.4 Å². The van der Waals surface area contributed by atoms with Crippen LogP contribution in [0.5, 0.6) is 11.5 Å². The molecule has 8 aliphatic rings. The minimum absolute atomic E-state index is 0.0302. The van der Waals surface area contributed by atoms with Crippen molar-refractivity contribution in [2.24, 2.45) is 35.5 Å². The second-order valence-electron chi connectivity index (χ2n) is 15.6. The second-order valence-corrected chi connectivity index (χ2v) is 15.6. The molecule has 54 heavy (non-hydrogen) atoms. The minimum Gasteiger partial charge on any atom is -0.467 e. The van der Waals surface area contributed by atoms with Crippen LogP contribution in [0.2, 0.25) is 0 Å². The highest BCUT2D eigenvalue weighted by Crippen LogP contribution is 2.58. The fourth-order valence-corrected chi connectivity index (χ4v) is 10.7. The van der Waals surface area contributed by atoms with Crippen LogP contribution in [-0.4, -0.2) is 77.4 Å². The predicted molar refractivity (Wildman–Crippen MR) is 198 cm³/mol. The van der Waals surface area contributed by atoms with Crippen molar-refractivity contribution in [2.75, 3.05) is 54.2 Å². The highest BCUT2D eigenvalue weighted by molar-refractivity contribution is 6.01. The first kappa shape index (κ1) is 35.8. The number of hydrogen-bond acceptors (Lipinski definition) is 10. The molecule has 0 saturated carbocycles. The number of fused-ring (bicyclic) bond motifs is 12. The number of Topliss-reactive ketones (excluding diaryl/α,β-unsaturated/α-hetero) is 2. The molecule has 6 atom stereocenters. The Kier molecular flexibility index (Phi) is 9.27. The lowest BCUT2D eigenvalue weighted by atomic mass is 9.63. The molecule has 2 saturated heterocycles. The minimum atomic E-state index is -0.741. The van der Waals surface area contributed by atoms with Gasteiger partial charge in [0.15, 0.2) is 36.7 Å². The molecule has 0 aromatic heterocycles. The Labute approximate surface area is 316 Å². The highest BCUT2D eigenvalue weighted by Gasteiger charge is 2.58. The quantitative estimate of drug-likeness (QED) is 0.315. The fraction of sp³-hybridized carbons (Fsp3) is 0.500. The first-order valence-corrected chi connectivity index (χ1v) is 19.2. The summed E-state index contributed by atoms with van der Waals surface area (Å²) in [5, 5.41) is 0. The Morgan fingerprint density at radius 3 is 1.43 bits per heavy atom. The zero-order valence-electron chi connectivity index (χ0n) is 31.4. The number of carbonyl (C=O) groups is 2. The van der Waals surface area contributed by atoms with E-state index in [-0.39, 0.29) is 60.7 Å². The number of hydrogen-bond donors (Lipinski definition) is 0. The molecular weight excluding hydrogens is 688 g/mol. The Bertz CT molecular complexity index is 1830. The van der Waals surface area contributed by atoms with Crippen molar-refractivity contribution in [3.8, 4) is 11.5 Å². The van der Waals surface area contributed by atoms with Gasteiger partial charge < -0.3 is 37.9 Å². The molecular formula is C44H48O10. The number of ketones is 2. The highest BCUT2D eigenvalue weighted by atomic mass is 16.7. The number of ether oxygens (including phenoxy) is 8. The maximum absolute atomic E-state index is 13.2. The largest absolute Gasteiger partial charge is 0.467 e. The number of rotatable bonds is 6. The predicted octanol–water partition coefficient (Wildman–Crippen LogP) is 6.27. The Morgan fingerprint density at radius 1 is 0.630 bits per heavy atom. The van der Waals surface area contributed by atoms with Crippen LogP contribution in [-0.2, 0) is 50.9 Å². The summed E-state index contributed by atoms with van der Waals surface area (Å²) in [7, 11) is 3.24. The van der Waals surface area contributed by atoms with Crippen molar-refractivity contribution in [1.82, 2.24) is 0 Å². The molecule has 6 aliphatic carbocycles. The Balaban J connectivity index is 0.000000142. The average Bonchev–Trinajstić information content (AvgIpc) is 4.00. The lowest BCUT2D eigenvalue weighted by Crippen LogP contribution is -2.51. The zero-order valence-corrected chi connectivity index (χ0v) is 31.4. The van der Waals surface area contributed by atoms with Gasteiger partial charge >= 0.3 is 0 Å². The number of methoxy groups -OCH3 is 2. The van der Waals surface area contributed by atoms with E-state index < -0.39 is 11.6 Å². The standard InChI is InChI=1S/2C22H24O5/c2*1-13-11-22(26-8-9-27-22)17-7-6-15-16(20(17)21(13)23)10-14-4-3-5-18(19(14)15)25-12-24-2/h2*3-6,11,16-17,20H,7-10,12H2,1-2H3/t2*16-,17+,20-/m00/s1. The zero-order chi connectivity index (χ0) is 37.2. The Morgan fingerprint density at radius 2 is 1.04 bits per heavy atom. The van der Waals surface area contributed by atoms with Gasteiger partial charge in [-0.05, 0) is 109 Å². The molecule has 0 radical (unpaired) electrons. The van der Waals surface area contributed by atoms with Gasteiger partial charge in [0.2, 0.25) is 0 Å². The molecule has 0 N–H and O–H groups in total. The summed E-state index contributed by atoms with van der Waals surface area (Å²) in [5.74, 6) is 0.764. The number of benzene rings is 2. The summed E-state index contributed by atoms with van der Waals surface area (Å²) in [5.41, 5.74) is 8.73. The van der Waals surface area contributed by atoms with E-state index in [9.17, 15) is 9.59 Å². The monoisotopic (exact) mass is 736 g/mol. The van der Waals surface area contributed by atoms with E-state index in [1.165, 1.54) is 22.3 Å². The van der Waals surface area contributed by atoms with Crippen LogP contribution in [0.3, 0.4) is 0 Å². The lowest BCUT2D eigenvalue weighted by Gasteiger charge is -2.45. The fourth-order valence-electron chi connectivity index (χ4n) is 10.7. The first-order chi connectivity index (χ1) is 26.3. The number of carbonyl (C=O) groups excluding carboxylic acids is 2. The Hall–Kier alpha value is -3.90. The normalized spacial score (nSPS) is 30.4. The van der Waals surface area contributed by atoms with Crippen molar-refractivity contribution in [1.29, 1.82) is 0 Å². The summed E-state index contributed by atoms with van der Waals surface area (Å²) in [6, 6.07) is 12.3. The molecule has 2 aromatic carbocycles. The van der Waals surface area contributed by atoms with E-state index >= 15 is 0 Å². The van der Waals surface area contributed by atoms with Gasteiger partial charge in [0.25, 0.3) is 0 Å². The van der Waals surface area contributed by atoms with E-state index in [2.05, 4.69) is 24.3 Å². The van der Waals surface area contributed by atoms with Gasteiger partial charge in [-0.25, -0.2) is 0 Å². The van der Waals surface area contributed by atoms with Gasteiger partial charge in [-0.3, -0.25) is 9.59 Å². The van der Waals surface area contributed by atoms with Crippen molar-refractivity contribution < 1.29 is 47.5 Å². The van der Waals surface area contributed by atoms with Crippen LogP contribution >= 0.6 is 0 Å². The summed E-state index contributed by atoms with van der Waals surface area (Å²) in [4.78, 5) is 26.4. The molecule has 0 amide bonds. The third-order valence-electron chi connectivity index (χ3n) is 12.8. The molecule has 2 heterocycles. The molecule has 2 spiro atoms. The molecule has 2 aromatic rings. The number of allylic oxidation sites excluding steroid dienone is 6. The maximum atomic E-state index is 13.2.